The maximum Gasteiger partial charge on any atom is 0.170 e. The molecule has 0 unspecified atom stereocenters. The van der Waals surface area contributed by atoms with Crippen molar-refractivity contribution in [2.24, 2.45) is 5.41 Å². The Kier molecular flexibility index (Phi) is 3.99. The lowest BCUT2D eigenvalue weighted by atomic mass is 9.88. The van der Waals surface area contributed by atoms with E-state index in [-0.39, 0.29) is 23.4 Å². The van der Waals surface area contributed by atoms with Gasteiger partial charge >= 0.3 is 0 Å². The summed E-state index contributed by atoms with van der Waals surface area (Å²) in [6, 6.07) is 8.95. The molecule has 0 saturated carbocycles. The maximum absolute atomic E-state index is 11.7. The highest BCUT2D eigenvalue weighted by Gasteiger charge is 2.18. The number of rotatable bonds is 4. The van der Waals surface area contributed by atoms with Gasteiger partial charge in [0.25, 0.3) is 0 Å². The fourth-order valence-corrected chi connectivity index (χ4v) is 1.56. The second-order valence-corrected chi connectivity index (χ2v) is 5.24. The molecular weight excluding hydrogens is 200 g/mol. The lowest BCUT2D eigenvalue weighted by Gasteiger charge is -2.16. The predicted molar refractivity (Wildman–Crippen MR) is 64.5 cm³/mol. The van der Waals surface area contributed by atoms with Gasteiger partial charge in [0.2, 0.25) is 0 Å². The molecule has 0 heterocycles. The molecule has 1 aromatic carbocycles. The third kappa shape index (κ3) is 4.39. The van der Waals surface area contributed by atoms with Crippen molar-refractivity contribution in [1.29, 1.82) is 0 Å². The number of hydrogen-bond acceptors (Lipinski definition) is 2. The quantitative estimate of drug-likeness (QED) is 0.574. The first-order chi connectivity index (χ1) is 7.38. The molecular formula is C14H18O2. The van der Waals surface area contributed by atoms with Gasteiger partial charge in [0, 0.05) is 12.0 Å². The molecule has 0 aliphatic heterocycles. The third-order valence-corrected chi connectivity index (χ3v) is 2.18. The highest BCUT2D eigenvalue weighted by molar-refractivity contribution is 6.08. The summed E-state index contributed by atoms with van der Waals surface area (Å²) >= 11 is 0. The summed E-state index contributed by atoms with van der Waals surface area (Å²) < 4.78 is 0. The van der Waals surface area contributed by atoms with E-state index in [9.17, 15) is 9.59 Å². The van der Waals surface area contributed by atoms with Crippen LogP contribution in [0.15, 0.2) is 30.3 Å². The minimum absolute atomic E-state index is 0.0151. The standard InChI is InChI=1S/C14H18O2/c1-14(2,3)10-12(15)9-13(16)11-7-5-4-6-8-11/h4-8H,9-10H2,1-3H3. The molecule has 16 heavy (non-hydrogen) atoms. The molecule has 0 aliphatic rings. The van der Waals surface area contributed by atoms with Gasteiger partial charge in [0.1, 0.15) is 5.78 Å². The highest BCUT2D eigenvalue weighted by Crippen LogP contribution is 2.20. The molecule has 1 aromatic rings. The summed E-state index contributed by atoms with van der Waals surface area (Å²) in [5.41, 5.74) is 0.568. The number of Topliss-reactive ketones (excluding diaryl/α,β-unsaturated/α-hetero) is 2. The Morgan fingerprint density at radius 2 is 1.62 bits per heavy atom. The van der Waals surface area contributed by atoms with E-state index in [4.69, 9.17) is 0 Å². The molecule has 1 rings (SSSR count). The Morgan fingerprint density at radius 3 is 2.12 bits per heavy atom. The minimum Gasteiger partial charge on any atom is -0.299 e. The molecule has 0 spiro atoms. The van der Waals surface area contributed by atoms with E-state index in [1.807, 2.05) is 39.0 Å². The summed E-state index contributed by atoms with van der Waals surface area (Å²) in [5, 5.41) is 0. The molecule has 0 bridgehead atoms. The first-order valence-electron chi connectivity index (χ1n) is 5.48. The second-order valence-electron chi connectivity index (χ2n) is 5.24. The summed E-state index contributed by atoms with van der Waals surface area (Å²) in [5.74, 6) is -0.0730. The number of carbonyl (C=O) groups is 2. The Labute approximate surface area is 96.7 Å². The van der Waals surface area contributed by atoms with Crippen molar-refractivity contribution in [1.82, 2.24) is 0 Å². The zero-order chi connectivity index (χ0) is 12.2. The molecule has 0 amide bonds. The highest BCUT2D eigenvalue weighted by atomic mass is 16.1. The Morgan fingerprint density at radius 1 is 1.06 bits per heavy atom. The van der Waals surface area contributed by atoms with Crippen LogP contribution in [0.2, 0.25) is 0 Å². The van der Waals surface area contributed by atoms with E-state index in [0.717, 1.165) is 0 Å². The minimum atomic E-state index is -0.0881. The molecule has 0 N–H and O–H groups in total. The second kappa shape index (κ2) is 5.06. The number of carbonyl (C=O) groups excluding carboxylic acids is 2. The van der Waals surface area contributed by atoms with Crippen LogP contribution in [0.1, 0.15) is 44.0 Å². The molecule has 2 heteroatoms. The van der Waals surface area contributed by atoms with Crippen LogP contribution in [-0.2, 0) is 4.79 Å². The van der Waals surface area contributed by atoms with Crippen molar-refractivity contribution in [3.8, 4) is 0 Å². The van der Waals surface area contributed by atoms with E-state index in [2.05, 4.69) is 0 Å². The lowest BCUT2D eigenvalue weighted by molar-refractivity contribution is -0.119. The smallest absolute Gasteiger partial charge is 0.170 e. The normalized spacial score (nSPS) is 11.2. The number of benzene rings is 1. The topological polar surface area (TPSA) is 34.1 Å². The summed E-state index contributed by atoms with van der Waals surface area (Å²) in [4.78, 5) is 23.3. The van der Waals surface area contributed by atoms with Crippen molar-refractivity contribution in [3.05, 3.63) is 35.9 Å². The number of hydrogen-bond donors (Lipinski definition) is 0. The summed E-state index contributed by atoms with van der Waals surface area (Å²) in [7, 11) is 0. The van der Waals surface area contributed by atoms with Gasteiger partial charge in [-0.25, -0.2) is 0 Å². The average molecular weight is 218 g/mol. The Balaban J connectivity index is 2.56. The van der Waals surface area contributed by atoms with Gasteiger partial charge in [-0.15, -0.1) is 0 Å². The van der Waals surface area contributed by atoms with Gasteiger partial charge in [0.15, 0.2) is 5.78 Å². The molecule has 0 aromatic heterocycles. The van der Waals surface area contributed by atoms with Crippen LogP contribution in [0.5, 0.6) is 0 Å². The third-order valence-electron chi connectivity index (χ3n) is 2.18. The summed E-state index contributed by atoms with van der Waals surface area (Å²) in [6.45, 7) is 5.99. The Bertz CT molecular complexity index is 371. The monoisotopic (exact) mass is 218 g/mol. The zero-order valence-electron chi connectivity index (χ0n) is 10.1. The van der Waals surface area contributed by atoms with Crippen LogP contribution in [0.3, 0.4) is 0 Å². The summed E-state index contributed by atoms with van der Waals surface area (Å²) in [6.07, 6.45) is 0.465. The van der Waals surface area contributed by atoms with Crippen molar-refractivity contribution >= 4 is 11.6 Å². The van der Waals surface area contributed by atoms with Crippen molar-refractivity contribution in [2.45, 2.75) is 33.6 Å². The molecule has 0 fully saturated rings. The van der Waals surface area contributed by atoms with Crippen molar-refractivity contribution in [3.63, 3.8) is 0 Å². The molecule has 0 radical (unpaired) electrons. The van der Waals surface area contributed by atoms with Crippen LogP contribution >= 0.6 is 0 Å². The molecule has 86 valence electrons. The van der Waals surface area contributed by atoms with Crippen LogP contribution < -0.4 is 0 Å². The molecule has 0 saturated heterocycles. The van der Waals surface area contributed by atoms with Gasteiger partial charge in [-0.1, -0.05) is 51.1 Å². The van der Waals surface area contributed by atoms with Gasteiger partial charge in [-0.05, 0) is 5.41 Å². The molecule has 2 nitrogen and oxygen atoms in total. The molecule has 0 aliphatic carbocycles. The largest absolute Gasteiger partial charge is 0.299 e. The van der Waals surface area contributed by atoms with E-state index in [0.29, 0.717) is 12.0 Å². The first-order valence-corrected chi connectivity index (χ1v) is 5.48. The van der Waals surface area contributed by atoms with Crippen molar-refractivity contribution < 1.29 is 9.59 Å². The SMILES string of the molecule is CC(C)(C)CC(=O)CC(=O)c1ccccc1. The van der Waals surface area contributed by atoms with Crippen LogP contribution in [0, 0.1) is 5.41 Å². The number of ketones is 2. The van der Waals surface area contributed by atoms with E-state index < -0.39 is 0 Å². The van der Waals surface area contributed by atoms with Crippen LogP contribution in [0.25, 0.3) is 0 Å². The van der Waals surface area contributed by atoms with E-state index in [1.54, 1.807) is 12.1 Å². The van der Waals surface area contributed by atoms with Gasteiger partial charge in [-0.2, -0.15) is 0 Å². The first kappa shape index (κ1) is 12.6. The van der Waals surface area contributed by atoms with Crippen LogP contribution in [-0.4, -0.2) is 11.6 Å². The average Bonchev–Trinajstić information content (AvgIpc) is 2.16. The maximum atomic E-state index is 11.7. The van der Waals surface area contributed by atoms with E-state index in [1.165, 1.54) is 0 Å². The Hall–Kier alpha value is -1.44. The predicted octanol–water partition coefficient (Wildman–Crippen LogP) is 3.26. The zero-order valence-corrected chi connectivity index (χ0v) is 10.1. The lowest BCUT2D eigenvalue weighted by Crippen LogP contribution is -2.16. The van der Waals surface area contributed by atoms with Gasteiger partial charge in [-0.3, -0.25) is 9.59 Å². The van der Waals surface area contributed by atoms with Crippen molar-refractivity contribution in [2.75, 3.05) is 0 Å². The fraction of sp³-hybridized carbons (Fsp3) is 0.429. The van der Waals surface area contributed by atoms with Crippen LogP contribution in [0.4, 0.5) is 0 Å². The van der Waals surface area contributed by atoms with Gasteiger partial charge in [0.05, 0.1) is 6.42 Å². The van der Waals surface area contributed by atoms with E-state index >= 15 is 0 Å². The fourth-order valence-electron chi connectivity index (χ4n) is 1.56. The van der Waals surface area contributed by atoms with Gasteiger partial charge < -0.3 is 0 Å². The molecule has 0 atom stereocenters.